The summed E-state index contributed by atoms with van der Waals surface area (Å²) in [5.74, 6) is -0.0390. The number of likely N-dealkylation sites (N-methyl/N-ethyl adjacent to an activating group) is 1. The van der Waals surface area contributed by atoms with Gasteiger partial charge >= 0.3 is 0 Å². The van der Waals surface area contributed by atoms with Crippen molar-refractivity contribution >= 4 is 5.91 Å². The Morgan fingerprint density at radius 1 is 1.19 bits per heavy atom. The van der Waals surface area contributed by atoms with Gasteiger partial charge in [0.15, 0.2) is 0 Å². The molecule has 0 spiro atoms. The van der Waals surface area contributed by atoms with Crippen LogP contribution in [0.4, 0.5) is 0 Å². The van der Waals surface area contributed by atoms with E-state index >= 15 is 0 Å². The van der Waals surface area contributed by atoms with E-state index in [0.29, 0.717) is 12.1 Å². The van der Waals surface area contributed by atoms with Crippen molar-refractivity contribution in [3.63, 3.8) is 0 Å². The van der Waals surface area contributed by atoms with Gasteiger partial charge in [0.1, 0.15) is 0 Å². The summed E-state index contributed by atoms with van der Waals surface area (Å²) in [6, 6.07) is 9.72. The lowest BCUT2D eigenvalue weighted by Gasteiger charge is -2.07. The molecule has 1 amide bonds. The molecule has 21 heavy (non-hydrogen) atoms. The molecule has 112 valence electrons. The van der Waals surface area contributed by atoms with Crippen LogP contribution in [0.15, 0.2) is 30.3 Å². The number of amides is 1. The minimum atomic E-state index is -0.0390. The van der Waals surface area contributed by atoms with Crippen LogP contribution in [0.3, 0.4) is 0 Å². The summed E-state index contributed by atoms with van der Waals surface area (Å²) in [6.07, 6.45) is 0. The van der Waals surface area contributed by atoms with Gasteiger partial charge in [-0.1, -0.05) is 12.1 Å². The van der Waals surface area contributed by atoms with Crippen LogP contribution in [-0.4, -0.2) is 35.8 Å². The van der Waals surface area contributed by atoms with E-state index in [1.165, 1.54) is 0 Å². The summed E-state index contributed by atoms with van der Waals surface area (Å²) in [4.78, 5) is 11.9. The Kier molecular flexibility index (Phi) is 5.11. The number of nitrogens with zero attached hydrogens (tertiary/aromatic N) is 2. The first-order valence-electron chi connectivity index (χ1n) is 7.13. The number of hydrogen-bond donors (Lipinski definition) is 2. The topological polar surface area (TPSA) is 58.9 Å². The summed E-state index contributed by atoms with van der Waals surface area (Å²) in [5, 5.41) is 10.3. The maximum absolute atomic E-state index is 11.9. The monoisotopic (exact) mass is 286 g/mol. The summed E-state index contributed by atoms with van der Waals surface area (Å²) >= 11 is 0. The van der Waals surface area contributed by atoms with E-state index in [9.17, 15) is 4.79 Å². The van der Waals surface area contributed by atoms with E-state index in [-0.39, 0.29) is 5.91 Å². The molecule has 0 atom stereocenters. The number of carbonyl (C=O) groups excluding carboxylic acids is 1. The minimum absolute atomic E-state index is 0.0390. The number of carbonyl (C=O) groups is 1. The fraction of sp³-hybridized carbons (Fsp3) is 0.375. The smallest absolute Gasteiger partial charge is 0.251 e. The maximum atomic E-state index is 11.9. The third-order valence-electron chi connectivity index (χ3n) is 3.31. The summed E-state index contributed by atoms with van der Waals surface area (Å²) < 4.78 is 1.97. The van der Waals surface area contributed by atoms with Crippen LogP contribution in [0.1, 0.15) is 27.3 Å². The standard InChI is InChI=1S/C16H22N4O/c1-12-10-13(2)20(19-12)11-14-4-6-15(7-5-14)16(21)18-9-8-17-3/h4-7,10,17H,8-9,11H2,1-3H3,(H,18,21). The van der Waals surface area contributed by atoms with Crippen LogP contribution in [0.25, 0.3) is 0 Å². The second-order valence-electron chi connectivity index (χ2n) is 5.14. The molecule has 0 radical (unpaired) electrons. The van der Waals surface area contributed by atoms with Gasteiger partial charge in [-0.15, -0.1) is 0 Å². The highest BCUT2D eigenvalue weighted by molar-refractivity contribution is 5.94. The molecule has 0 aliphatic carbocycles. The molecule has 2 N–H and O–H groups in total. The molecule has 2 rings (SSSR count). The Morgan fingerprint density at radius 2 is 1.90 bits per heavy atom. The molecule has 0 saturated heterocycles. The largest absolute Gasteiger partial charge is 0.351 e. The highest BCUT2D eigenvalue weighted by Crippen LogP contribution is 2.09. The molecule has 1 heterocycles. The van der Waals surface area contributed by atoms with Crippen LogP contribution < -0.4 is 10.6 Å². The van der Waals surface area contributed by atoms with Gasteiger partial charge in [0.2, 0.25) is 0 Å². The van der Waals surface area contributed by atoms with E-state index in [2.05, 4.69) is 21.8 Å². The van der Waals surface area contributed by atoms with Crippen molar-refractivity contribution in [1.29, 1.82) is 0 Å². The second kappa shape index (κ2) is 7.04. The fourth-order valence-corrected chi connectivity index (χ4v) is 2.17. The Labute approximate surface area is 125 Å². The highest BCUT2D eigenvalue weighted by atomic mass is 16.1. The van der Waals surface area contributed by atoms with Gasteiger partial charge in [-0.05, 0) is 44.7 Å². The predicted octanol–water partition coefficient (Wildman–Crippen LogP) is 1.50. The number of hydrogen-bond acceptors (Lipinski definition) is 3. The van der Waals surface area contributed by atoms with Gasteiger partial charge in [-0.2, -0.15) is 5.10 Å². The van der Waals surface area contributed by atoms with Crippen LogP contribution >= 0.6 is 0 Å². The van der Waals surface area contributed by atoms with E-state index in [0.717, 1.165) is 30.0 Å². The quantitative estimate of drug-likeness (QED) is 0.791. The maximum Gasteiger partial charge on any atom is 0.251 e. The van der Waals surface area contributed by atoms with Crippen LogP contribution in [0, 0.1) is 13.8 Å². The van der Waals surface area contributed by atoms with Crippen molar-refractivity contribution in [3.8, 4) is 0 Å². The van der Waals surface area contributed by atoms with Crippen molar-refractivity contribution < 1.29 is 4.79 Å². The number of aryl methyl sites for hydroxylation is 2. The molecular formula is C16H22N4O. The summed E-state index contributed by atoms with van der Waals surface area (Å²) in [7, 11) is 1.86. The molecule has 5 heteroatoms. The molecule has 0 fully saturated rings. The molecular weight excluding hydrogens is 264 g/mol. The van der Waals surface area contributed by atoms with Gasteiger partial charge in [0.05, 0.1) is 12.2 Å². The average Bonchev–Trinajstić information content (AvgIpc) is 2.78. The van der Waals surface area contributed by atoms with E-state index in [4.69, 9.17) is 0 Å². The molecule has 1 aromatic carbocycles. The molecule has 1 aromatic heterocycles. The molecule has 0 saturated carbocycles. The Balaban J connectivity index is 1.98. The van der Waals surface area contributed by atoms with E-state index < -0.39 is 0 Å². The SMILES string of the molecule is CNCCNC(=O)c1ccc(Cn2nc(C)cc2C)cc1. The van der Waals surface area contributed by atoms with Gasteiger partial charge in [-0.3, -0.25) is 9.48 Å². The lowest BCUT2D eigenvalue weighted by Crippen LogP contribution is -2.30. The van der Waals surface area contributed by atoms with Crippen molar-refractivity contribution in [2.24, 2.45) is 0 Å². The first kappa shape index (κ1) is 15.3. The number of benzene rings is 1. The third kappa shape index (κ3) is 4.16. The molecule has 0 aliphatic heterocycles. The van der Waals surface area contributed by atoms with Crippen LogP contribution in [-0.2, 0) is 6.54 Å². The van der Waals surface area contributed by atoms with Crippen molar-refractivity contribution in [2.75, 3.05) is 20.1 Å². The van der Waals surface area contributed by atoms with Gasteiger partial charge < -0.3 is 10.6 Å². The van der Waals surface area contributed by atoms with Crippen molar-refractivity contribution in [2.45, 2.75) is 20.4 Å². The van der Waals surface area contributed by atoms with E-state index in [1.54, 1.807) is 0 Å². The normalized spacial score (nSPS) is 10.6. The zero-order chi connectivity index (χ0) is 15.2. The Morgan fingerprint density at radius 3 is 2.48 bits per heavy atom. The zero-order valence-electron chi connectivity index (χ0n) is 12.8. The molecule has 0 unspecified atom stereocenters. The fourth-order valence-electron chi connectivity index (χ4n) is 2.17. The summed E-state index contributed by atoms with van der Waals surface area (Å²) in [6.45, 7) is 6.15. The Bertz CT molecular complexity index is 601. The summed E-state index contributed by atoms with van der Waals surface area (Å²) in [5.41, 5.74) is 3.98. The van der Waals surface area contributed by atoms with Gasteiger partial charge in [-0.25, -0.2) is 0 Å². The number of aromatic nitrogens is 2. The molecule has 0 aliphatic rings. The van der Waals surface area contributed by atoms with E-state index in [1.807, 2.05) is 49.8 Å². The van der Waals surface area contributed by atoms with Crippen molar-refractivity contribution in [3.05, 3.63) is 52.8 Å². The lowest BCUT2D eigenvalue weighted by molar-refractivity contribution is 0.0954. The molecule has 0 bridgehead atoms. The van der Waals surface area contributed by atoms with Crippen LogP contribution in [0.2, 0.25) is 0 Å². The predicted molar refractivity (Wildman–Crippen MR) is 83.5 cm³/mol. The molecule has 2 aromatic rings. The third-order valence-corrected chi connectivity index (χ3v) is 3.31. The molecule has 5 nitrogen and oxygen atoms in total. The first-order chi connectivity index (χ1) is 10.1. The second-order valence-corrected chi connectivity index (χ2v) is 5.14. The first-order valence-corrected chi connectivity index (χ1v) is 7.13. The van der Waals surface area contributed by atoms with Gasteiger partial charge in [0.25, 0.3) is 5.91 Å². The van der Waals surface area contributed by atoms with Crippen molar-refractivity contribution in [1.82, 2.24) is 20.4 Å². The van der Waals surface area contributed by atoms with Crippen LogP contribution in [0.5, 0.6) is 0 Å². The Hall–Kier alpha value is -2.14. The zero-order valence-corrected chi connectivity index (χ0v) is 12.8. The van der Waals surface area contributed by atoms with Gasteiger partial charge in [0, 0.05) is 24.3 Å². The minimum Gasteiger partial charge on any atom is -0.351 e. The number of nitrogens with one attached hydrogen (secondary N) is 2. The lowest BCUT2D eigenvalue weighted by atomic mass is 10.1. The number of rotatable bonds is 6. The highest BCUT2D eigenvalue weighted by Gasteiger charge is 2.06. The average molecular weight is 286 g/mol.